The van der Waals surface area contributed by atoms with Crippen molar-refractivity contribution in [2.45, 2.75) is 40.3 Å². The molecule has 0 spiro atoms. The number of aromatic nitrogens is 2. The minimum Gasteiger partial charge on any atom is -0.446 e. The van der Waals surface area contributed by atoms with Crippen LogP contribution in [0, 0.1) is 11.8 Å². The van der Waals surface area contributed by atoms with E-state index in [0.29, 0.717) is 12.1 Å². The van der Waals surface area contributed by atoms with Gasteiger partial charge in [-0.15, -0.1) is 0 Å². The van der Waals surface area contributed by atoms with Gasteiger partial charge in [0, 0.05) is 12.7 Å². The monoisotopic (exact) mass is 277 g/mol. The van der Waals surface area contributed by atoms with E-state index in [2.05, 4.69) is 35.7 Å². The molecule has 0 saturated carbocycles. The van der Waals surface area contributed by atoms with Crippen molar-refractivity contribution in [3.05, 3.63) is 18.0 Å². The highest BCUT2D eigenvalue weighted by Crippen LogP contribution is 2.03. The van der Waals surface area contributed by atoms with Crippen LogP contribution < -0.4 is 0 Å². The van der Waals surface area contributed by atoms with E-state index in [1.54, 1.807) is 17.8 Å². The van der Waals surface area contributed by atoms with Gasteiger partial charge < -0.3 is 4.74 Å². The van der Waals surface area contributed by atoms with Gasteiger partial charge in [0.05, 0.1) is 18.3 Å². The molecule has 20 heavy (non-hydrogen) atoms. The van der Waals surface area contributed by atoms with Crippen LogP contribution in [0.2, 0.25) is 0 Å². The molecule has 1 aromatic heterocycles. The van der Waals surface area contributed by atoms with Crippen molar-refractivity contribution >= 4 is 5.97 Å². The Morgan fingerprint density at radius 3 is 2.70 bits per heavy atom. The van der Waals surface area contributed by atoms with Crippen LogP contribution in [-0.4, -0.2) is 46.4 Å². The number of aryl methyl sites for hydroxylation is 1. The molecule has 0 fully saturated rings. The van der Waals surface area contributed by atoms with E-state index >= 15 is 0 Å². The molecule has 110 valence electrons. The van der Waals surface area contributed by atoms with E-state index < -0.39 is 6.10 Å². The molecule has 0 bridgehead atoms. The molecule has 0 amide bonds. The third-order valence-corrected chi connectivity index (χ3v) is 2.98. The summed E-state index contributed by atoms with van der Waals surface area (Å²) >= 11 is 0. The van der Waals surface area contributed by atoms with Crippen molar-refractivity contribution in [2.24, 2.45) is 0 Å². The Morgan fingerprint density at radius 1 is 1.45 bits per heavy atom. The number of rotatable bonds is 6. The summed E-state index contributed by atoms with van der Waals surface area (Å²) in [6.45, 7) is 11.3. The van der Waals surface area contributed by atoms with Crippen molar-refractivity contribution in [1.29, 1.82) is 0 Å². The van der Waals surface area contributed by atoms with Crippen molar-refractivity contribution in [3.8, 4) is 11.8 Å². The first kappa shape index (κ1) is 16.3. The molecular formula is C15H23N3O2. The molecule has 1 aromatic rings. The quantitative estimate of drug-likeness (QED) is 0.587. The van der Waals surface area contributed by atoms with E-state index in [0.717, 1.165) is 19.6 Å². The highest BCUT2D eigenvalue weighted by atomic mass is 16.5. The Hall–Kier alpha value is -1.80. The summed E-state index contributed by atoms with van der Waals surface area (Å²) < 4.78 is 6.95. The summed E-state index contributed by atoms with van der Waals surface area (Å²) in [5.74, 6) is 5.60. The second-order valence-electron chi connectivity index (χ2n) is 4.41. The molecule has 0 saturated heterocycles. The van der Waals surface area contributed by atoms with Crippen LogP contribution in [0.4, 0.5) is 0 Å². The Labute approximate surface area is 120 Å². The number of esters is 1. The topological polar surface area (TPSA) is 47.4 Å². The average Bonchev–Trinajstić information content (AvgIpc) is 2.92. The number of ether oxygens (including phenoxy) is 1. The zero-order valence-corrected chi connectivity index (χ0v) is 12.7. The molecule has 0 N–H and O–H groups in total. The molecule has 1 atom stereocenters. The SMILES string of the molecule is CCN(CC)CC#CC(C)OC(=O)c1cnn(CC)c1. The number of carbonyl (C=O) groups is 1. The fraction of sp³-hybridized carbons (Fsp3) is 0.600. The molecule has 0 aliphatic carbocycles. The lowest BCUT2D eigenvalue weighted by Crippen LogP contribution is -2.23. The maximum Gasteiger partial charge on any atom is 0.342 e. The Balaban J connectivity index is 2.47. The van der Waals surface area contributed by atoms with Crippen molar-refractivity contribution in [3.63, 3.8) is 0 Å². The molecule has 1 unspecified atom stereocenters. The third-order valence-electron chi connectivity index (χ3n) is 2.98. The summed E-state index contributed by atoms with van der Waals surface area (Å²) in [5, 5.41) is 4.04. The van der Waals surface area contributed by atoms with Gasteiger partial charge in [-0.3, -0.25) is 9.58 Å². The van der Waals surface area contributed by atoms with E-state index in [-0.39, 0.29) is 5.97 Å². The summed E-state index contributed by atoms with van der Waals surface area (Å²) in [4.78, 5) is 14.0. The first-order valence-corrected chi connectivity index (χ1v) is 7.04. The fourth-order valence-electron chi connectivity index (χ4n) is 1.65. The van der Waals surface area contributed by atoms with Crippen LogP contribution in [-0.2, 0) is 11.3 Å². The lowest BCUT2D eigenvalue weighted by Gasteiger charge is -2.13. The second kappa shape index (κ2) is 8.39. The van der Waals surface area contributed by atoms with Gasteiger partial charge in [0.15, 0.2) is 6.10 Å². The number of hydrogen-bond donors (Lipinski definition) is 0. The van der Waals surface area contributed by atoms with E-state index in [9.17, 15) is 4.79 Å². The number of nitrogens with zero attached hydrogens (tertiary/aromatic N) is 3. The molecule has 5 nitrogen and oxygen atoms in total. The molecule has 0 aliphatic rings. The first-order chi connectivity index (χ1) is 9.60. The van der Waals surface area contributed by atoms with Gasteiger partial charge in [-0.05, 0) is 26.9 Å². The standard InChI is InChI=1S/C15H23N3O2/c1-5-17(6-2)10-8-9-13(4)20-15(19)14-11-16-18(7-3)12-14/h11-13H,5-7,10H2,1-4H3. The Morgan fingerprint density at radius 2 is 2.15 bits per heavy atom. The number of hydrogen-bond acceptors (Lipinski definition) is 4. The van der Waals surface area contributed by atoms with Gasteiger partial charge >= 0.3 is 5.97 Å². The van der Waals surface area contributed by atoms with Crippen LogP contribution in [0.3, 0.4) is 0 Å². The number of carbonyl (C=O) groups excluding carboxylic acids is 1. The van der Waals surface area contributed by atoms with Crippen molar-refractivity contribution < 1.29 is 9.53 Å². The summed E-state index contributed by atoms with van der Waals surface area (Å²) in [6, 6.07) is 0. The molecule has 5 heteroatoms. The highest BCUT2D eigenvalue weighted by molar-refractivity contribution is 5.89. The zero-order valence-electron chi connectivity index (χ0n) is 12.7. The smallest absolute Gasteiger partial charge is 0.342 e. The minimum atomic E-state index is -0.414. The largest absolute Gasteiger partial charge is 0.446 e. The van der Waals surface area contributed by atoms with Crippen LogP contribution >= 0.6 is 0 Å². The van der Waals surface area contributed by atoms with Gasteiger partial charge in [-0.25, -0.2) is 4.79 Å². The Kier molecular flexibility index (Phi) is 6.82. The van der Waals surface area contributed by atoms with Gasteiger partial charge in [-0.2, -0.15) is 5.10 Å². The van der Waals surface area contributed by atoms with E-state index in [1.807, 2.05) is 6.92 Å². The van der Waals surface area contributed by atoms with Crippen LogP contribution in [0.25, 0.3) is 0 Å². The molecule has 0 aromatic carbocycles. The predicted octanol–water partition coefficient (Wildman–Crippen LogP) is 1.79. The van der Waals surface area contributed by atoms with Crippen molar-refractivity contribution in [2.75, 3.05) is 19.6 Å². The summed E-state index contributed by atoms with van der Waals surface area (Å²) in [6.07, 6.45) is 2.78. The zero-order chi connectivity index (χ0) is 15.0. The second-order valence-corrected chi connectivity index (χ2v) is 4.41. The maximum atomic E-state index is 11.8. The van der Waals surface area contributed by atoms with Gasteiger partial charge in [0.25, 0.3) is 0 Å². The molecular weight excluding hydrogens is 254 g/mol. The molecule has 0 aliphatic heterocycles. The van der Waals surface area contributed by atoms with E-state index in [1.165, 1.54) is 6.20 Å². The third kappa shape index (κ3) is 5.06. The van der Waals surface area contributed by atoms with Gasteiger partial charge in [0.2, 0.25) is 0 Å². The van der Waals surface area contributed by atoms with Gasteiger partial charge in [-0.1, -0.05) is 25.7 Å². The summed E-state index contributed by atoms with van der Waals surface area (Å²) in [7, 11) is 0. The lowest BCUT2D eigenvalue weighted by atomic mass is 10.3. The predicted molar refractivity (Wildman–Crippen MR) is 78.3 cm³/mol. The molecule has 1 heterocycles. The first-order valence-electron chi connectivity index (χ1n) is 7.04. The van der Waals surface area contributed by atoms with Crippen molar-refractivity contribution in [1.82, 2.24) is 14.7 Å². The van der Waals surface area contributed by atoms with E-state index in [4.69, 9.17) is 4.74 Å². The normalized spacial score (nSPS) is 11.8. The Bertz CT molecular complexity index is 481. The average molecular weight is 277 g/mol. The fourth-order valence-corrected chi connectivity index (χ4v) is 1.65. The van der Waals surface area contributed by atoms with Crippen LogP contribution in [0.5, 0.6) is 0 Å². The van der Waals surface area contributed by atoms with Crippen LogP contribution in [0.15, 0.2) is 12.4 Å². The van der Waals surface area contributed by atoms with Gasteiger partial charge in [0.1, 0.15) is 0 Å². The highest BCUT2D eigenvalue weighted by Gasteiger charge is 2.12. The molecule has 1 rings (SSSR count). The lowest BCUT2D eigenvalue weighted by molar-refractivity contribution is 0.0438. The minimum absolute atomic E-state index is 0.380. The summed E-state index contributed by atoms with van der Waals surface area (Å²) in [5.41, 5.74) is 0.462. The van der Waals surface area contributed by atoms with Crippen LogP contribution in [0.1, 0.15) is 38.1 Å². The molecule has 0 radical (unpaired) electrons. The maximum absolute atomic E-state index is 11.8.